The summed E-state index contributed by atoms with van der Waals surface area (Å²) >= 11 is 9.31. The fraction of sp³-hybridized carbons (Fsp3) is 0.500. The summed E-state index contributed by atoms with van der Waals surface area (Å²) in [5, 5.41) is 10.4. The van der Waals surface area contributed by atoms with E-state index in [2.05, 4.69) is 15.9 Å². The van der Waals surface area contributed by atoms with Crippen LogP contribution < -0.4 is 0 Å². The van der Waals surface area contributed by atoms with Crippen LogP contribution in [0.5, 0.6) is 0 Å². The first-order valence-corrected chi connectivity index (χ1v) is 7.69. The van der Waals surface area contributed by atoms with Gasteiger partial charge in [0.25, 0.3) is 5.91 Å². The monoisotopic (exact) mass is 343 g/mol. The molecular weight excluding hydrogens is 330 g/mol. The number of benzene rings is 1. The maximum absolute atomic E-state index is 12.7. The van der Waals surface area contributed by atoms with Crippen LogP contribution >= 0.6 is 27.5 Å². The smallest absolute Gasteiger partial charge is 0.255 e. The van der Waals surface area contributed by atoms with Gasteiger partial charge in [0.15, 0.2) is 0 Å². The zero-order valence-corrected chi connectivity index (χ0v) is 12.7. The summed E-state index contributed by atoms with van der Waals surface area (Å²) in [6, 6.07) is 5.61. The molecule has 3 rings (SSSR count). The Bertz CT molecular complexity index is 508. The van der Waals surface area contributed by atoms with E-state index in [0.717, 1.165) is 17.3 Å². The lowest BCUT2D eigenvalue weighted by Crippen LogP contribution is -2.48. The van der Waals surface area contributed by atoms with Gasteiger partial charge in [-0.3, -0.25) is 4.79 Å². The van der Waals surface area contributed by atoms with Crippen LogP contribution in [0.1, 0.15) is 36.0 Å². The number of nitrogens with zero attached hydrogens (tertiary/aromatic N) is 1. The molecule has 1 N–H and O–H groups in total. The number of aliphatic hydroxyl groups excluding tert-OH is 1. The van der Waals surface area contributed by atoms with Crippen molar-refractivity contribution in [2.24, 2.45) is 0 Å². The van der Waals surface area contributed by atoms with Crippen LogP contribution in [0.4, 0.5) is 0 Å². The maximum atomic E-state index is 12.7. The van der Waals surface area contributed by atoms with Gasteiger partial charge in [-0.2, -0.15) is 0 Å². The summed E-state index contributed by atoms with van der Waals surface area (Å²) in [4.78, 5) is 14.6. The quantitative estimate of drug-likeness (QED) is 0.850. The molecule has 0 spiro atoms. The van der Waals surface area contributed by atoms with Crippen LogP contribution in [0.3, 0.4) is 0 Å². The van der Waals surface area contributed by atoms with Gasteiger partial charge in [-0.1, -0.05) is 11.6 Å². The number of fused-ring (bicyclic) bond motifs is 2. The molecular formula is C14H15BrClNO2. The molecule has 2 unspecified atom stereocenters. The molecule has 1 amide bonds. The predicted octanol–water partition coefficient (Wildman–Crippen LogP) is 3.23. The van der Waals surface area contributed by atoms with Crippen LogP contribution in [-0.4, -0.2) is 34.1 Å². The van der Waals surface area contributed by atoms with E-state index >= 15 is 0 Å². The zero-order valence-electron chi connectivity index (χ0n) is 10.4. The molecule has 1 aromatic rings. The second-order valence-electron chi connectivity index (χ2n) is 5.35. The second-order valence-corrected chi connectivity index (χ2v) is 6.64. The maximum Gasteiger partial charge on any atom is 0.255 e. The van der Waals surface area contributed by atoms with Crippen molar-refractivity contribution in [3.8, 4) is 0 Å². The molecule has 2 aliphatic heterocycles. The fourth-order valence-electron chi connectivity index (χ4n) is 3.28. The van der Waals surface area contributed by atoms with E-state index < -0.39 is 0 Å². The van der Waals surface area contributed by atoms with E-state index in [9.17, 15) is 9.90 Å². The Morgan fingerprint density at radius 3 is 2.53 bits per heavy atom. The van der Waals surface area contributed by atoms with Crippen molar-refractivity contribution in [3.05, 3.63) is 33.3 Å². The number of amides is 1. The molecule has 2 bridgehead atoms. The minimum Gasteiger partial charge on any atom is -0.393 e. The van der Waals surface area contributed by atoms with E-state index in [-0.39, 0.29) is 24.1 Å². The summed E-state index contributed by atoms with van der Waals surface area (Å²) in [5.41, 5.74) is 0.651. The lowest BCUT2D eigenvalue weighted by molar-refractivity contribution is 0.0286. The van der Waals surface area contributed by atoms with Crippen LogP contribution in [0.25, 0.3) is 0 Å². The number of aliphatic hydroxyl groups is 1. The SMILES string of the molecule is O=C(c1ccc(Cl)cc1Br)N1C2CCC1CC(O)C2. The van der Waals surface area contributed by atoms with Gasteiger partial charge < -0.3 is 10.0 Å². The predicted molar refractivity (Wildman–Crippen MR) is 77.4 cm³/mol. The Morgan fingerprint density at radius 2 is 1.95 bits per heavy atom. The molecule has 0 aliphatic carbocycles. The number of hydrogen-bond acceptors (Lipinski definition) is 2. The number of carbonyl (C=O) groups is 1. The highest BCUT2D eigenvalue weighted by Gasteiger charge is 2.43. The van der Waals surface area contributed by atoms with Gasteiger partial charge in [-0.05, 0) is 59.8 Å². The van der Waals surface area contributed by atoms with Crippen LogP contribution in [-0.2, 0) is 0 Å². The Hall–Kier alpha value is -0.580. The van der Waals surface area contributed by atoms with Crippen molar-refractivity contribution in [3.63, 3.8) is 0 Å². The summed E-state index contributed by atoms with van der Waals surface area (Å²) in [6.07, 6.45) is 3.15. The third kappa shape index (κ3) is 2.41. The zero-order chi connectivity index (χ0) is 13.6. The minimum atomic E-state index is -0.254. The fourth-order valence-corrected chi connectivity index (χ4v) is 4.13. The van der Waals surface area contributed by atoms with E-state index in [1.54, 1.807) is 18.2 Å². The lowest BCUT2D eigenvalue weighted by atomic mass is 9.99. The Kier molecular flexibility index (Phi) is 3.58. The third-order valence-corrected chi connectivity index (χ3v) is 5.00. The molecule has 102 valence electrons. The van der Waals surface area contributed by atoms with Crippen LogP contribution in [0.15, 0.2) is 22.7 Å². The summed E-state index contributed by atoms with van der Waals surface area (Å²) in [5.74, 6) is 0.0444. The number of hydrogen-bond donors (Lipinski definition) is 1. The van der Waals surface area contributed by atoms with Gasteiger partial charge in [0.1, 0.15) is 0 Å². The van der Waals surface area contributed by atoms with E-state index in [1.165, 1.54) is 0 Å². The van der Waals surface area contributed by atoms with E-state index in [4.69, 9.17) is 11.6 Å². The molecule has 2 heterocycles. The number of rotatable bonds is 1. The van der Waals surface area contributed by atoms with Gasteiger partial charge >= 0.3 is 0 Å². The molecule has 0 radical (unpaired) electrons. The summed E-state index contributed by atoms with van der Waals surface area (Å²) in [7, 11) is 0. The third-order valence-electron chi connectivity index (χ3n) is 4.10. The average Bonchev–Trinajstić information content (AvgIpc) is 2.61. The van der Waals surface area contributed by atoms with Crippen LogP contribution in [0.2, 0.25) is 5.02 Å². The molecule has 1 aromatic carbocycles. The van der Waals surface area contributed by atoms with Crippen molar-refractivity contribution in [1.82, 2.24) is 4.90 Å². The van der Waals surface area contributed by atoms with E-state index in [1.807, 2.05) is 4.90 Å². The average molecular weight is 345 g/mol. The highest BCUT2D eigenvalue weighted by atomic mass is 79.9. The normalized spacial score (nSPS) is 29.6. The van der Waals surface area contributed by atoms with Crippen molar-refractivity contribution in [2.45, 2.75) is 43.9 Å². The molecule has 2 fully saturated rings. The van der Waals surface area contributed by atoms with Crippen molar-refractivity contribution < 1.29 is 9.90 Å². The summed E-state index contributed by atoms with van der Waals surface area (Å²) < 4.78 is 0.732. The largest absolute Gasteiger partial charge is 0.393 e. The van der Waals surface area contributed by atoms with E-state index in [0.29, 0.717) is 23.4 Å². The van der Waals surface area contributed by atoms with Crippen LogP contribution in [0, 0.1) is 0 Å². The molecule has 5 heteroatoms. The molecule has 2 atom stereocenters. The first-order chi connectivity index (χ1) is 9.06. The van der Waals surface area contributed by atoms with Crippen molar-refractivity contribution in [1.29, 1.82) is 0 Å². The number of piperidine rings is 1. The molecule has 2 saturated heterocycles. The first-order valence-electron chi connectivity index (χ1n) is 6.52. The highest BCUT2D eigenvalue weighted by molar-refractivity contribution is 9.10. The van der Waals surface area contributed by atoms with Crippen molar-refractivity contribution >= 4 is 33.4 Å². The summed E-state index contributed by atoms with van der Waals surface area (Å²) in [6.45, 7) is 0. The van der Waals surface area contributed by atoms with Gasteiger partial charge in [-0.25, -0.2) is 0 Å². The second kappa shape index (κ2) is 5.08. The first kappa shape index (κ1) is 13.4. The van der Waals surface area contributed by atoms with Gasteiger partial charge in [0, 0.05) is 21.6 Å². The molecule has 0 aromatic heterocycles. The highest BCUT2D eigenvalue weighted by Crippen LogP contribution is 2.37. The lowest BCUT2D eigenvalue weighted by Gasteiger charge is -2.37. The topological polar surface area (TPSA) is 40.5 Å². The Balaban J connectivity index is 1.88. The standard InChI is InChI=1S/C14H15BrClNO2/c15-13-5-8(16)1-4-12(13)14(19)17-9-2-3-10(17)7-11(18)6-9/h1,4-5,9-11,18H,2-3,6-7H2. The molecule has 3 nitrogen and oxygen atoms in total. The molecule has 0 saturated carbocycles. The number of halogens is 2. The van der Waals surface area contributed by atoms with Crippen molar-refractivity contribution in [2.75, 3.05) is 0 Å². The molecule has 19 heavy (non-hydrogen) atoms. The molecule has 2 aliphatic rings. The minimum absolute atomic E-state index is 0.0444. The number of carbonyl (C=O) groups excluding carboxylic acids is 1. The van der Waals surface area contributed by atoms with Gasteiger partial charge in [0.2, 0.25) is 0 Å². The Morgan fingerprint density at radius 1 is 1.32 bits per heavy atom. The van der Waals surface area contributed by atoms with Gasteiger partial charge in [-0.15, -0.1) is 0 Å². The van der Waals surface area contributed by atoms with Gasteiger partial charge in [0.05, 0.1) is 11.7 Å². The Labute approximate surface area is 125 Å².